The lowest BCUT2D eigenvalue weighted by atomic mass is 9.84. The highest BCUT2D eigenvalue weighted by Crippen LogP contribution is 2.40. The van der Waals surface area contributed by atoms with Crippen LogP contribution in [-0.4, -0.2) is 11.1 Å². The first-order valence-electron chi connectivity index (χ1n) is 5.88. The molecule has 0 spiro atoms. The maximum absolute atomic E-state index is 11.5. The number of halogens is 1. The Morgan fingerprint density at radius 3 is 2.65 bits per heavy atom. The average Bonchev–Trinajstić information content (AvgIpc) is 2.77. The van der Waals surface area contributed by atoms with E-state index in [-0.39, 0.29) is 5.92 Å². The molecule has 1 aromatic carbocycles. The van der Waals surface area contributed by atoms with Gasteiger partial charge in [0.25, 0.3) is 0 Å². The fraction of sp³-hybridized carbons (Fsp3) is 0.462. The molecule has 1 aliphatic carbocycles. The number of carbonyl (C=O) groups is 1. The maximum atomic E-state index is 11.5. The van der Waals surface area contributed by atoms with Crippen molar-refractivity contribution in [1.82, 2.24) is 0 Å². The van der Waals surface area contributed by atoms with E-state index in [1.807, 2.05) is 0 Å². The van der Waals surface area contributed by atoms with E-state index in [9.17, 15) is 9.90 Å². The SMILES string of the molecule is Nc1c(Cl)cccc1C(C(=O)O)C1CCCC1. The number of nitrogens with two attached hydrogens (primary N) is 1. The van der Waals surface area contributed by atoms with Gasteiger partial charge < -0.3 is 10.8 Å². The number of carboxylic acid groups (broad SMARTS) is 1. The molecule has 3 nitrogen and oxygen atoms in total. The maximum Gasteiger partial charge on any atom is 0.311 e. The third-order valence-corrected chi connectivity index (χ3v) is 3.89. The predicted molar refractivity (Wildman–Crippen MR) is 68.2 cm³/mol. The van der Waals surface area contributed by atoms with E-state index >= 15 is 0 Å². The van der Waals surface area contributed by atoms with Crippen LogP contribution < -0.4 is 5.73 Å². The predicted octanol–water partition coefficient (Wildman–Crippen LogP) is 3.28. The van der Waals surface area contributed by atoms with Crippen LogP contribution in [0.3, 0.4) is 0 Å². The summed E-state index contributed by atoms with van der Waals surface area (Å²) < 4.78 is 0. The van der Waals surface area contributed by atoms with Crippen molar-refractivity contribution < 1.29 is 9.90 Å². The van der Waals surface area contributed by atoms with Gasteiger partial charge in [-0.2, -0.15) is 0 Å². The Balaban J connectivity index is 2.38. The molecule has 3 N–H and O–H groups in total. The third kappa shape index (κ3) is 2.39. The van der Waals surface area contributed by atoms with Crippen LogP contribution in [-0.2, 0) is 4.79 Å². The van der Waals surface area contributed by atoms with Crippen LogP contribution in [0.15, 0.2) is 18.2 Å². The minimum atomic E-state index is -0.800. The molecule has 0 radical (unpaired) electrons. The third-order valence-electron chi connectivity index (χ3n) is 3.56. The summed E-state index contributed by atoms with van der Waals surface area (Å²) in [6, 6.07) is 5.23. The van der Waals surface area contributed by atoms with Gasteiger partial charge in [-0.25, -0.2) is 0 Å². The molecule has 0 aliphatic heterocycles. The smallest absolute Gasteiger partial charge is 0.311 e. The van der Waals surface area contributed by atoms with Crippen LogP contribution in [0.1, 0.15) is 37.2 Å². The van der Waals surface area contributed by atoms with Crippen molar-refractivity contribution in [2.75, 3.05) is 5.73 Å². The molecule has 4 heteroatoms. The molecule has 2 rings (SSSR count). The normalized spacial score (nSPS) is 18.2. The van der Waals surface area contributed by atoms with E-state index in [4.69, 9.17) is 17.3 Å². The zero-order valence-corrected chi connectivity index (χ0v) is 10.3. The molecule has 0 saturated heterocycles. The van der Waals surface area contributed by atoms with E-state index in [1.54, 1.807) is 18.2 Å². The average molecular weight is 254 g/mol. The summed E-state index contributed by atoms with van der Waals surface area (Å²) >= 11 is 5.95. The van der Waals surface area contributed by atoms with E-state index in [1.165, 1.54) is 0 Å². The van der Waals surface area contributed by atoms with Gasteiger partial charge in [0.1, 0.15) is 0 Å². The molecular weight excluding hydrogens is 238 g/mol. The summed E-state index contributed by atoms with van der Waals surface area (Å²) in [5, 5.41) is 9.84. The van der Waals surface area contributed by atoms with E-state index < -0.39 is 11.9 Å². The van der Waals surface area contributed by atoms with Crippen molar-refractivity contribution in [3.05, 3.63) is 28.8 Å². The van der Waals surface area contributed by atoms with Crippen molar-refractivity contribution >= 4 is 23.3 Å². The molecule has 17 heavy (non-hydrogen) atoms. The lowest BCUT2D eigenvalue weighted by Crippen LogP contribution is -2.20. The quantitative estimate of drug-likeness (QED) is 0.813. The minimum absolute atomic E-state index is 0.188. The van der Waals surface area contributed by atoms with Gasteiger partial charge in [-0.3, -0.25) is 4.79 Å². The number of nitrogen functional groups attached to an aromatic ring is 1. The van der Waals surface area contributed by atoms with Crippen molar-refractivity contribution in [2.24, 2.45) is 5.92 Å². The molecule has 1 atom stereocenters. The van der Waals surface area contributed by atoms with E-state index in [0.29, 0.717) is 16.3 Å². The van der Waals surface area contributed by atoms with Crippen molar-refractivity contribution in [2.45, 2.75) is 31.6 Å². The fourth-order valence-electron chi connectivity index (χ4n) is 2.70. The summed E-state index contributed by atoms with van der Waals surface area (Å²) in [6.45, 7) is 0. The molecule has 0 heterocycles. The Labute approximate surface area is 106 Å². The largest absolute Gasteiger partial charge is 0.481 e. The van der Waals surface area contributed by atoms with Crippen molar-refractivity contribution in [3.8, 4) is 0 Å². The second-order valence-corrected chi connectivity index (χ2v) is 5.01. The molecule has 1 aliphatic rings. The standard InChI is InChI=1S/C13H16ClNO2/c14-10-7-3-6-9(12(10)15)11(13(16)17)8-4-1-2-5-8/h3,6-8,11H,1-2,4-5,15H2,(H,16,17). The fourth-order valence-corrected chi connectivity index (χ4v) is 2.89. The Kier molecular flexibility index (Phi) is 3.57. The number of rotatable bonds is 3. The second-order valence-electron chi connectivity index (χ2n) is 4.60. The second kappa shape index (κ2) is 4.96. The Morgan fingerprint density at radius 2 is 2.06 bits per heavy atom. The number of para-hydroxylation sites is 1. The first-order chi connectivity index (χ1) is 8.11. The Hall–Kier alpha value is -1.22. The van der Waals surface area contributed by atoms with Gasteiger partial charge in [0.2, 0.25) is 0 Å². The van der Waals surface area contributed by atoms with Gasteiger partial charge in [-0.1, -0.05) is 36.6 Å². The van der Waals surface area contributed by atoms with Crippen LogP contribution in [0.4, 0.5) is 5.69 Å². The molecule has 1 unspecified atom stereocenters. The summed E-state index contributed by atoms with van der Waals surface area (Å²) in [6.07, 6.45) is 4.13. The molecule has 0 amide bonds. The van der Waals surface area contributed by atoms with Gasteiger partial charge in [-0.15, -0.1) is 0 Å². The number of benzene rings is 1. The minimum Gasteiger partial charge on any atom is -0.481 e. The Bertz CT molecular complexity index is 427. The number of aliphatic carboxylic acids is 1. The van der Waals surface area contributed by atoms with Gasteiger partial charge in [0, 0.05) is 0 Å². The van der Waals surface area contributed by atoms with Crippen LogP contribution in [0.5, 0.6) is 0 Å². The Morgan fingerprint density at radius 1 is 1.41 bits per heavy atom. The van der Waals surface area contributed by atoms with Gasteiger partial charge in [-0.05, 0) is 30.4 Å². The van der Waals surface area contributed by atoms with Crippen LogP contribution in [0.2, 0.25) is 5.02 Å². The van der Waals surface area contributed by atoms with Crippen LogP contribution in [0, 0.1) is 5.92 Å². The summed E-state index contributed by atoms with van der Waals surface area (Å²) in [7, 11) is 0. The van der Waals surface area contributed by atoms with E-state index in [2.05, 4.69) is 0 Å². The summed E-state index contributed by atoms with van der Waals surface area (Å²) in [5.74, 6) is -1.13. The number of hydrogen-bond donors (Lipinski definition) is 2. The lowest BCUT2D eigenvalue weighted by molar-refractivity contribution is -0.140. The number of carboxylic acids is 1. The molecule has 0 aromatic heterocycles. The van der Waals surface area contributed by atoms with Gasteiger partial charge in [0.05, 0.1) is 16.6 Å². The van der Waals surface area contributed by atoms with Crippen LogP contribution >= 0.6 is 11.6 Å². The molecule has 92 valence electrons. The zero-order chi connectivity index (χ0) is 12.4. The summed E-state index contributed by atoms with van der Waals surface area (Å²) in [5.41, 5.74) is 6.97. The monoisotopic (exact) mass is 253 g/mol. The van der Waals surface area contributed by atoms with Crippen molar-refractivity contribution in [3.63, 3.8) is 0 Å². The molecule has 1 saturated carbocycles. The first-order valence-corrected chi connectivity index (χ1v) is 6.25. The zero-order valence-electron chi connectivity index (χ0n) is 9.53. The summed E-state index contributed by atoms with van der Waals surface area (Å²) in [4.78, 5) is 11.5. The molecular formula is C13H16ClNO2. The highest BCUT2D eigenvalue weighted by atomic mass is 35.5. The number of hydrogen-bond acceptors (Lipinski definition) is 2. The highest BCUT2D eigenvalue weighted by molar-refractivity contribution is 6.33. The van der Waals surface area contributed by atoms with E-state index in [0.717, 1.165) is 25.7 Å². The molecule has 1 fully saturated rings. The highest BCUT2D eigenvalue weighted by Gasteiger charge is 2.33. The molecule has 0 bridgehead atoms. The van der Waals surface area contributed by atoms with Gasteiger partial charge >= 0.3 is 5.97 Å². The molecule has 1 aromatic rings. The van der Waals surface area contributed by atoms with Gasteiger partial charge in [0.15, 0.2) is 0 Å². The van der Waals surface area contributed by atoms with Crippen molar-refractivity contribution in [1.29, 1.82) is 0 Å². The first kappa shape index (κ1) is 12.2. The lowest BCUT2D eigenvalue weighted by Gasteiger charge is -2.21. The van der Waals surface area contributed by atoms with Crippen LogP contribution in [0.25, 0.3) is 0 Å². The number of anilines is 1. The topological polar surface area (TPSA) is 63.3 Å².